The fourth-order valence-electron chi connectivity index (χ4n) is 4.19. The van der Waals surface area contributed by atoms with Crippen LogP contribution in [0.5, 0.6) is 0 Å². The summed E-state index contributed by atoms with van der Waals surface area (Å²) in [5, 5.41) is 18.7. The maximum Gasteiger partial charge on any atom is 0.335 e. The van der Waals surface area contributed by atoms with E-state index in [9.17, 15) is 9.90 Å². The van der Waals surface area contributed by atoms with Crippen LogP contribution >= 0.6 is 0 Å². The number of nitrogens with one attached hydrogen (secondary N) is 2. The Bertz CT molecular complexity index is 1200. The summed E-state index contributed by atoms with van der Waals surface area (Å²) in [7, 11) is 0. The number of aromatic nitrogens is 3. The van der Waals surface area contributed by atoms with E-state index in [0.29, 0.717) is 11.6 Å². The second-order valence-corrected chi connectivity index (χ2v) is 7.81. The summed E-state index contributed by atoms with van der Waals surface area (Å²) in [6.45, 7) is 2.97. The van der Waals surface area contributed by atoms with Crippen molar-refractivity contribution in [2.75, 3.05) is 13.1 Å². The van der Waals surface area contributed by atoms with Gasteiger partial charge in [-0.2, -0.15) is 5.10 Å². The lowest BCUT2D eigenvalue weighted by Gasteiger charge is -2.30. The van der Waals surface area contributed by atoms with Gasteiger partial charge in [0.1, 0.15) is 5.69 Å². The molecule has 7 nitrogen and oxygen atoms in total. The largest absolute Gasteiger partial charge is 0.478 e. The van der Waals surface area contributed by atoms with Crippen LogP contribution in [0.3, 0.4) is 0 Å². The van der Waals surface area contributed by atoms with Gasteiger partial charge < -0.3 is 15.8 Å². The SMILES string of the molecule is NC1CCN(Cc2cccc3[nH]c(-c4n[nH]c5cc(C(=O)O)ccc45)cc23)CC1. The van der Waals surface area contributed by atoms with Gasteiger partial charge in [0, 0.05) is 28.9 Å². The topological polar surface area (TPSA) is 111 Å². The van der Waals surface area contributed by atoms with Gasteiger partial charge in [0.25, 0.3) is 0 Å². The first-order valence-corrected chi connectivity index (χ1v) is 9.89. The lowest BCUT2D eigenvalue weighted by Crippen LogP contribution is -2.39. The van der Waals surface area contributed by atoms with E-state index in [1.54, 1.807) is 18.2 Å². The lowest BCUT2D eigenvalue weighted by molar-refractivity contribution is 0.0697. The second kappa shape index (κ2) is 7.02. The van der Waals surface area contributed by atoms with Gasteiger partial charge in [-0.3, -0.25) is 10.00 Å². The van der Waals surface area contributed by atoms with Crippen LogP contribution in [0.25, 0.3) is 33.2 Å². The summed E-state index contributed by atoms with van der Waals surface area (Å²) in [4.78, 5) is 17.1. The number of hydrogen-bond donors (Lipinski definition) is 4. The number of likely N-dealkylation sites (tertiary alicyclic amines) is 1. The minimum atomic E-state index is -0.947. The van der Waals surface area contributed by atoms with E-state index in [1.165, 1.54) is 10.9 Å². The zero-order valence-corrected chi connectivity index (χ0v) is 16.0. The zero-order valence-electron chi connectivity index (χ0n) is 16.0. The van der Waals surface area contributed by atoms with Gasteiger partial charge in [-0.1, -0.05) is 12.1 Å². The molecule has 5 N–H and O–H groups in total. The van der Waals surface area contributed by atoms with Crippen LogP contribution in [0.2, 0.25) is 0 Å². The molecule has 3 heterocycles. The molecule has 0 saturated carbocycles. The fraction of sp³-hybridized carbons (Fsp3) is 0.273. The van der Waals surface area contributed by atoms with Crippen LogP contribution in [0.15, 0.2) is 42.5 Å². The Balaban J connectivity index is 1.50. The number of carboxylic acid groups (broad SMARTS) is 1. The summed E-state index contributed by atoms with van der Waals surface area (Å²) < 4.78 is 0. The first-order chi connectivity index (χ1) is 14.1. The molecule has 1 aliphatic rings. The van der Waals surface area contributed by atoms with E-state index in [4.69, 9.17) is 5.73 Å². The van der Waals surface area contributed by atoms with E-state index in [0.717, 1.165) is 54.8 Å². The van der Waals surface area contributed by atoms with Crippen LogP contribution in [0.1, 0.15) is 28.8 Å². The van der Waals surface area contributed by atoms with Crippen LogP contribution in [-0.4, -0.2) is 50.3 Å². The van der Waals surface area contributed by atoms with Gasteiger partial charge in [0.05, 0.1) is 16.8 Å². The molecule has 0 amide bonds. The second-order valence-electron chi connectivity index (χ2n) is 7.81. The maximum absolute atomic E-state index is 11.2. The molecule has 2 aromatic carbocycles. The number of benzene rings is 2. The minimum Gasteiger partial charge on any atom is -0.478 e. The van der Waals surface area contributed by atoms with Crippen LogP contribution < -0.4 is 5.73 Å². The molecule has 5 rings (SSSR count). The molecule has 0 bridgehead atoms. The number of H-pyrrole nitrogens is 2. The number of fused-ring (bicyclic) bond motifs is 2. The number of rotatable bonds is 4. The Kier molecular flexibility index (Phi) is 4.34. The van der Waals surface area contributed by atoms with Gasteiger partial charge in [-0.15, -0.1) is 0 Å². The molecule has 0 radical (unpaired) electrons. The molecule has 0 unspecified atom stereocenters. The van der Waals surface area contributed by atoms with Crippen molar-refractivity contribution in [3.8, 4) is 11.4 Å². The number of aromatic carboxylic acids is 1. The van der Waals surface area contributed by atoms with Crippen molar-refractivity contribution in [1.29, 1.82) is 0 Å². The average Bonchev–Trinajstić information content (AvgIpc) is 3.33. The monoisotopic (exact) mass is 389 g/mol. The molecule has 0 aliphatic carbocycles. The summed E-state index contributed by atoms with van der Waals surface area (Å²) >= 11 is 0. The Labute approximate surface area is 167 Å². The summed E-state index contributed by atoms with van der Waals surface area (Å²) in [6, 6.07) is 13.8. The highest BCUT2D eigenvalue weighted by Gasteiger charge is 2.18. The number of aromatic amines is 2. The molecule has 0 atom stereocenters. The van der Waals surface area contributed by atoms with Crippen molar-refractivity contribution in [3.63, 3.8) is 0 Å². The standard InChI is InChI=1S/C22H23N5O2/c23-15-6-8-27(9-7-15)12-14-2-1-3-18-17(14)11-20(24-18)21-16-5-4-13(22(28)29)10-19(16)25-26-21/h1-5,10-11,15,24H,6-9,12,23H2,(H,25,26)(H,28,29). The quantitative estimate of drug-likeness (QED) is 0.428. The number of carboxylic acids is 1. The summed E-state index contributed by atoms with van der Waals surface area (Å²) in [6.07, 6.45) is 2.10. The molecule has 0 spiro atoms. The molecule has 4 aromatic rings. The Morgan fingerprint density at radius 1 is 1.14 bits per heavy atom. The highest BCUT2D eigenvalue weighted by atomic mass is 16.4. The third-order valence-corrected chi connectivity index (χ3v) is 5.85. The van der Waals surface area contributed by atoms with Gasteiger partial charge in [-0.25, -0.2) is 4.79 Å². The third-order valence-electron chi connectivity index (χ3n) is 5.85. The molecule has 29 heavy (non-hydrogen) atoms. The first kappa shape index (κ1) is 17.9. The summed E-state index contributed by atoms with van der Waals surface area (Å²) in [5.41, 5.74) is 11.1. The van der Waals surface area contributed by atoms with Crippen molar-refractivity contribution in [3.05, 3.63) is 53.6 Å². The van der Waals surface area contributed by atoms with Gasteiger partial charge in [-0.05, 0) is 61.8 Å². The van der Waals surface area contributed by atoms with Crippen LogP contribution in [-0.2, 0) is 6.54 Å². The molecular weight excluding hydrogens is 366 g/mol. The predicted octanol–water partition coefficient (Wildman–Crippen LogP) is 3.33. The minimum absolute atomic E-state index is 0.243. The number of hydrogen-bond acceptors (Lipinski definition) is 4. The number of piperidine rings is 1. The van der Waals surface area contributed by atoms with Gasteiger partial charge in [0.15, 0.2) is 0 Å². The molecule has 148 valence electrons. The molecule has 7 heteroatoms. The van der Waals surface area contributed by atoms with Crippen molar-refractivity contribution >= 4 is 27.8 Å². The van der Waals surface area contributed by atoms with Crippen molar-refractivity contribution in [2.24, 2.45) is 5.73 Å². The molecule has 1 aliphatic heterocycles. The molecule has 1 saturated heterocycles. The average molecular weight is 389 g/mol. The van der Waals surface area contributed by atoms with E-state index in [2.05, 4.69) is 44.3 Å². The normalized spacial score (nSPS) is 16.0. The van der Waals surface area contributed by atoms with E-state index >= 15 is 0 Å². The lowest BCUT2D eigenvalue weighted by atomic mass is 10.0. The molecule has 2 aromatic heterocycles. The summed E-state index contributed by atoms with van der Waals surface area (Å²) in [5.74, 6) is -0.947. The van der Waals surface area contributed by atoms with Crippen LogP contribution in [0.4, 0.5) is 0 Å². The maximum atomic E-state index is 11.2. The number of nitrogens with zero attached hydrogens (tertiary/aromatic N) is 2. The third kappa shape index (κ3) is 3.28. The van der Waals surface area contributed by atoms with Crippen molar-refractivity contribution in [2.45, 2.75) is 25.4 Å². The first-order valence-electron chi connectivity index (χ1n) is 9.89. The van der Waals surface area contributed by atoms with E-state index < -0.39 is 5.97 Å². The Hall–Kier alpha value is -3.16. The molecular formula is C22H23N5O2. The zero-order chi connectivity index (χ0) is 20.0. The Morgan fingerprint density at radius 3 is 2.76 bits per heavy atom. The van der Waals surface area contributed by atoms with Gasteiger partial charge >= 0.3 is 5.97 Å². The van der Waals surface area contributed by atoms with E-state index in [-0.39, 0.29) is 5.56 Å². The predicted molar refractivity (Wildman–Crippen MR) is 113 cm³/mol. The fourth-order valence-corrected chi connectivity index (χ4v) is 4.19. The van der Waals surface area contributed by atoms with Crippen molar-refractivity contribution in [1.82, 2.24) is 20.1 Å². The number of carbonyl (C=O) groups is 1. The van der Waals surface area contributed by atoms with E-state index in [1.807, 2.05) is 0 Å². The molecule has 1 fully saturated rings. The van der Waals surface area contributed by atoms with Gasteiger partial charge in [0.2, 0.25) is 0 Å². The highest BCUT2D eigenvalue weighted by Crippen LogP contribution is 2.31. The van der Waals surface area contributed by atoms with Crippen molar-refractivity contribution < 1.29 is 9.90 Å². The Morgan fingerprint density at radius 2 is 1.97 bits per heavy atom. The van der Waals surface area contributed by atoms with Crippen LogP contribution in [0, 0.1) is 0 Å². The number of nitrogens with two attached hydrogens (primary N) is 1. The highest BCUT2D eigenvalue weighted by molar-refractivity contribution is 5.99. The smallest absolute Gasteiger partial charge is 0.335 e.